The van der Waals surface area contributed by atoms with Crippen LogP contribution in [0.25, 0.3) is 10.1 Å². The Morgan fingerprint density at radius 2 is 1.80 bits per heavy atom. The summed E-state index contributed by atoms with van der Waals surface area (Å²) in [4.78, 5) is 0. The van der Waals surface area contributed by atoms with Crippen molar-refractivity contribution in [1.29, 1.82) is 0 Å². The van der Waals surface area contributed by atoms with E-state index in [9.17, 15) is 0 Å². The zero-order chi connectivity index (χ0) is 6.10. The number of hydrogen-bond acceptors (Lipinski definition) is 0. The first-order chi connectivity index (χ1) is 4.47. The van der Waals surface area contributed by atoms with Crippen LogP contribution in [0.3, 0.4) is 0 Å². The largest absolute Gasteiger partial charge is 1.00 e. The number of fused-ring (bicyclic) bond motifs is 1. The summed E-state index contributed by atoms with van der Waals surface area (Å²) in [6.45, 7) is 0. The highest BCUT2D eigenvalue weighted by Gasteiger charge is 1.95. The van der Waals surface area contributed by atoms with Gasteiger partial charge in [0.25, 0.3) is 0 Å². The van der Waals surface area contributed by atoms with E-state index in [0.29, 0.717) is 0 Å². The molecule has 2 rings (SSSR count). The van der Waals surface area contributed by atoms with Crippen molar-refractivity contribution in [3.8, 4) is 0 Å². The van der Waals surface area contributed by atoms with Gasteiger partial charge in [0, 0.05) is 11.5 Å². The summed E-state index contributed by atoms with van der Waals surface area (Å²) in [5.41, 5.74) is 0. The van der Waals surface area contributed by atoms with E-state index >= 15 is 0 Å². The van der Waals surface area contributed by atoms with E-state index in [1.807, 2.05) is 0 Å². The molecule has 52 valence electrons. The molecular weight excluding hydrogens is 255 g/mol. The Balaban J connectivity index is 0.000000500. The molecule has 0 saturated heterocycles. The molecule has 0 aliphatic rings. The van der Waals surface area contributed by atoms with Gasteiger partial charge in [-0.3, -0.25) is 0 Å². The molecule has 0 aliphatic carbocycles. The molecule has 0 aliphatic heterocycles. The Morgan fingerprint density at radius 3 is 2.60 bits per heavy atom. The fraction of sp³-hybridized carbons (Fsp3) is 0. The molecule has 1 aromatic carbocycles. The van der Waals surface area contributed by atoms with Gasteiger partial charge in [-0.15, -0.1) is 0 Å². The summed E-state index contributed by atoms with van der Waals surface area (Å²) in [5.74, 6) is 0. The smallest absolute Gasteiger partial charge is 0.178 e. The zero-order valence-electron chi connectivity index (χ0n) is 5.29. The van der Waals surface area contributed by atoms with Gasteiger partial charge < -0.3 is 24.0 Å². The highest BCUT2D eigenvalue weighted by molar-refractivity contribution is 7.17. The van der Waals surface area contributed by atoms with Crippen molar-refractivity contribution in [3.63, 3.8) is 0 Å². The second-order valence-corrected chi connectivity index (χ2v) is 3.04. The van der Waals surface area contributed by atoms with Gasteiger partial charge in [-0.05, 0) is 23.5 Å². The maximum Gasteiger partial charge on any atom is 0.178 e. The summed E-state index contributed by atoms with van der Waals surface area (Å²) in [5, 5.41) is 3.55. The van der Waals surface area contributed by atoms with Gasteiger partial charge >= 0.3 is 0 Å². The quantitative estimate of drug-likeness (QED) is 0.449. The van der Waals surface area contributed by atoms with Crippen LogP contribution < -0.4 is 24.0 Å². The van der Waals surface area contributed by atoms with Crippen molar-refractivity contribution in [1.82, 2.24) is 0 Å². The van der Waals surface area contributed by atoms with Crippen molar-refractivity contribution in [2.45, 2.75) is 0 Å². The lowest BCUT2D eigenvalue weighted by Gasteiger charge is -1.76. The van der Waals surface area contributed by atoms with Crippen LogP contribution in [0, 0.1) is 0 Å². The molecule has 2 heteroatoms. The van der Waals surface area contributed by atoms with E-state index < -0.39 is 0 Å². The molecule has 0 atom stereocenters. The molecule has 1 heterocycles. The first kappa shape index (κ1) is 8.01. The minimum atomic E-state index is 0. The molecule has 0 spiro atoms. The third kappa shape index (κ3) is 1.32. The zero-order valence-corrected chi connectivity index (χ0v) is 8.34. The molecule has 0 unspecified atom stereocenters. The standard InChI is InChI=1S/C8H6S.HI/c1-2-4-8-7(3-1)5-6-9-8;/h1-6H;1H. The van der Waals surface area contributed by atoms with E-state index in [2.05, 4.69) is 35.7 Å². The molecule has 1 aromatic heterocycles. The number of benzene rings is 1. The topological polar surface area (TPSA) is 0 Å². The van der Waals surface area contributed by atoms with E-state index in [4.69, 9.17) is 0 Å². The summed E-state index contributed by atoms with van der Waals surface area (Å²) in [6, 6.07) is 10.6. The lowest BCUT2D eigenvalue weighted by Crippen LogP contribution is -3.00. The average molecular weight is 262 g/mol. The fourth-order valence-corrected chi connectivity index (χ4v) is 1.81. The van der Waals surface area contributed by atoms with E-state index in [-0.39, 0.29) is 24.0 Å². The molecule has 0 fully saturated rings. The van der Waals surface area contributed by atoms with Crippen LogP contribution in [-0.4, -0.2) is 0 Å². The maximum absolute atomic E-state index is 2.17. The van der Waals surface area contributed by atoms with Gasteiger partial charge in [-0.25, -0.2) is 0 Å². The molecule has 0 bridgehead atoms. The monoisotopic (exact) mass is 262 g/mol. The predicted octanol–water partition coefficient (Wildman–Crippen LogP) is -0.362. The second-order valence-electron chi connectivity index (χ2n) is 2.00. The normalized spacial score (nSPS) is 9.20. The Bertz CT molecular complexity index is 283. The van der Waals surface area contributed by atoms with Crippen LogP contribution >= 0.6 is 11.3 Å². The van der Waals surface area contributed by atoms with Crippen LogP contribution in [-0.2, 0) is 0 Å². The molecular formula is C8H7IS. The minimum Gasteiger partial charge on any atom is -1.00 e. The Morgan fingerprint density at radius 1 is 1.00 bits per heavy atom. The second kappa shape index (κ2) is 3.34. The average Bonchev–Trinajstić information content (AvgIpc) is 2.33. The minimum absolute atomic E-state index is 0. The Labute approximate surface area is 80.9 Å². The summed E-state index contributed by atoms with van der Waals surface area (Å²) >= 11 is 1.34. The molecule has 10 heavy (non-hydrogen) atoms. The molecule has 0 radical (unpaired) electrons. The lowest BCUT2D eigenvalue weighted by atomic mass is 10.3. The summed E-state index contributed by atoms with van der Waals surface area (Å²) in [7, 11) is 0. The molecule has 2 aromatic rings. The first-order valence-electron chi connectivity index (χ1n) is 2.93. The molecule has 0 amide bonds. The molecule has 0 N–H and O–H groups in total. The number of rotatable bonds is 0. The van der Waals surface area contributed by atoms with Crippen molar-refractivity contribution in [2.24, 2.45) is 0 Å². The van der Waals surface area contributed by atoms with Crippen LogP contribution in [0.5, 0.6) is 0 Å². The van der Waals surface area contributed by atoms with E-state index in [1.165, 1.54) is 21.4 Å². The van der Waals surface area contributed by atoms with Crippen molar-refractivity contribution >= 4 is 21.4 Å². The maximum atomic E-state index is 2.17. The van der Waals surface area contributed by atoms with Crippen molar-refractivity contribution in [3.05, 3.63) is 35.7 Å². The van der Waals surface area contributed by atoms with Gasteiger partial charge in [0.05, 0.1) is 0 Å². The van der Waals surface area contributed by atoms with Gasteiger partial charge in [0.1, 0.15) is 5.38 Å². The third-order valence-electron chi connectivity index (χ3n) is 1.40. The van der Waals surface area contributed by atoms with Crippen LogP contribution in [0.4, 0.5) is 0 Å². The number of thiophene rings is 1. The number of halogens is 1. The van der Waals surface area contributed by atoms with Gasteiger partial charge in [-0.2, -0.15) is 0 Å². The van der Waals surface area contributed by atoms with Crippen molar-refractivity contribution in [2.75, 3.05) is 0 Å². The van der Waals surface area contributed by atoms with Crippen molar-refractivity contribution < 1.29 is 24.0 Å². The van der Waals surface area contributed by atoms with Gasteiger partial charge in [0.2, 0.25) is 0 Å². The highest BCUT2D eigenvalue weighted by Crippen LogP contribution is 2.18. The predicted molar refractivity (Wildman–Crippen MR) is 43.2 cm³/mol. The van der Waals surface area contributed by atoms with Gasteiger partial charge in [0.15, 0.2) is 4.70 Å². The fourth-order valence-electron chi connectivity index (χ4n) is 0.944. The summed E-state index contributed by atoms with van der Waals surface area (Å²) < 4.78 is 1.43. The van der Waals surface area contributed by atoms with E-state index in [0.717, 1.165) is 0 Å². The molecule has 0 saturated carbocycles. The Kier molecular flexibility index (Phi) is 2.68. The molecule has 0 nitrogen and oxygen atoms in total. The van der Waals surface area contributed by atoms with E-state index in [1.54, 1.807) is 0 Å². The first-order valence-corrected chi connectivity index (χ1v) is 3.89. The Hall–Kier alpha value is -0.0900. The van der Waals surface area contributed by atoms with Crippen LogP contribution in [0.1, 0.15) is 0 Å². The third-order valence-corrected chi connectivity index (χ3v) is 2.39. The lowest BCUT2D eigenvalue weighted by molar-refractivity contribution is -0.00000164. The number of hydrogen-bond donors (Lipinski definition) is 0. The van der Waals surface area contributed by atoms with Crippen LogP contribution in [0.15, 0.2) is 35.7 Å². The van der Waals surface area contributed by atoms with Crippen LogP contribution in [0.2, 0.25) is 0 Å². The highest BCUT2D eigenvalue weighted by atomic mass is 127. The SMILES string of the molecule is [I-].c1ccc2[sH+]ccc2c1. The van der Waals surface area contributed by atoms with Gasteiger partial charge in [-0.1, -0.05) is 12.1 Å². The summed E-state index contributed by atoms with van der Waals surface area (Å²) in [6.07, 6.45) is 0.